The Labute approximate surface area is 130 Å². The highest BCUT2D eigenvalue weighted by atomic mass is 16.1. The van der Waals surface area contributed by atoms with Gasteiger partial charge in [-0.25, -0.2) is 4.79 Å². The van der Waals surface area contributed by atoms with E-state index in [-0.39, 0.29) is 5.92 Å². The first-order valence-corrected chi connectivity index (χ1v) is 8.02. The Kier molecular flexibility index (Phi) is 3.29. The number of hydrogen-bond acceptors (Lipinski definition) is 1. The van der Waals surface area contributed by atoms with Crippen molar-refractivity contribution in [3.63, 3.8) is 0 Å². The Hall–Kier alpha value is -2.37. The molecule has 1 nitrogen and oxygen atoms in total. The van der Waals surface area contributed by atoms with E-state index in [9.17, 15) is 4.79 Å². The summed E-state index contributed by atoms with van der Waals surface area (Å²) in [4.78, 5) is 11.3. The third-order valence-corrected chi connectivity index (χ3v) is 4.90. The molecule has 0 aliphatic heterocycles. The van der Waals surface area contributed by atoms with E-state index in [0.29, 0.717) is 0 Å². The van der Waals surface area contributed by atoms with Crippen LogP contribution < -0.4 is 0 Å². The van der Waals surface area contributed by atoms with Crippen LogP contribution in [0, 0.1) is 0 Å². The molecule has 0 N–H and O–H groups in total. The van der Waals surface area contributed by atoms with Crippen molar-refractivity contribution >= 4 is 27.5 Å². The molecule has 0 bridgehead atoms. The Morgan fingerprint density at radius 2 is 1.64 bits per heavy atom. The summed E-state index contributed by atoms with van der Waals surface area (Å²) < 4.78 is 0. The Balaban J connectivity index is 1.97. The molecule has 0 heterocycles. The van der Waals surface area contributed by atoms with Crippen molar-refractivity contribution in [1.29, 1.82) is 0 Å². The molecule has 108 valence electrons. The molecule has 3 aromatic rings. The van der Waals surface area contributed by atoms with E-state index in [1.165, 1.54) is 33.5 Å². The van der Waals surface area contributed by atoms with Crippen LogP contribution in [0.15, 0.2) is 60.2 Å². The average molecular weight is 286 g/mol. The first-order valence-electron chi connectivity index (χ1n) is 8.02. The van der Waals surface area contributed by atoms with Gasteiger partial charge in [0.15, 0.2) is 0 Å². The molecule has 1 aliphatic rings. The largest absolute Gasteiger partial charge is 0.234 e. The highest BCUT2D eigenvalue weighted by molar-refractivity contribution is 6.00. The first-order chi connectivity index (χ1) is 10.9. The summed E-state index contributed by atoms with van der Waals surface area (Å²) >= 11 is 0. The van der Waals surface area contributed by atoms with Gasteiger partial charge in [-0.05, 0) is 58.5 Å². The van der Waals surface area contributed by atoms with Crippen LogP contribution in [0.3, 0.4) is 0 Å². The molecule has 1 aliphatic carbocycles. The maximum atomic E-state index is 11.3. The number of benzene rings is 3. The maximum absolute atomic E-state index is 11.3. The normalized spacial score (nSPS) is 18.5. The maximum Gasteiger partial charge on any atom is 0.124 e. The molecule has 1 saturated carbocycles. The molecule has 3 aromatic carbocycles. The van der Waals surface area contributed by atoms with Crippen molar-refractivity contribution < 1.29 is 4.79 Å². The van der Waals surface area contributed by atoms with Crippen molar-refractivity contribution in [2.45, 2.75) is 31.6 Å². The standard InChI is InChI=1S/C21H18O/c22-14-18-8-3-4-10-19(18)20-11-5-9-17-12-15-6-1-2-7-16(15)13-21(17)20/h1-2,5-7,9,11-13,19H,3-4,8,10H2. The summed E-state index contributed by atoms with van der Waals surface area (Å²) in [5, 5.41) is 5.06. The Morgan fingerprint density at radius 1 is 0.864 bits per heavy atom. The molecule has 4 rings (SSSR count). The zero-order valence-corrected chi connectivity index (χ0v) is 12.5. The van der Waals surface area contributed by atoms with Gasteiger partial charge in [-0.15, -0.1) is 0 Å². The van der Waals surface area contributed by atoms with E-state index < -0.39 is 0 Å². The van der Waals surface area contributed by atoms with Gasteiger partial charge in [0.05, 0.1) is 0 Å². The first kappa shape index (κ1) is 13.3. The van der Waals surface area contributed by atoms with E-state index in [4.69, 9.17) is 0 Å². The molecule has 0 amide bonds. The fourth-order valence-electron chi connectivity index (χ4n) is 3.77. The van der Waals surface area contributed by atoms with Gasteiger partial charge in [-0.3, -0.25) is 0 Å². The summed E-state index contributed by atoms with van der Waals surface area (Å²) in [6.45, 7) is 0. The second-order valence-corrected chi connectivity index (χ2v) is 6.19. The Bertz CT molecular complexity index is 900. The van der Waals surface area contributed by atoms with Gasteiger partial charge in [-0.2, -0.15) is 0 Å². The van der Waals surface area contributed by atoms with Crippen molar-refractivity contribution in [3.8, 4) is 0 Å². The predicted molar refractivity (Wildman–Crippen MR) is 91.9 cm³/mol. The fraction of sp³-hybridized carbons (Fsp3) is 0.238. The summed E-state index contributed by atoms with van der Waals surface area (Å²) in [5.41, 5.74) is 2.24. The van der Waals surface area contributed by atoms with Gasteiger partial charge in [0.1, 0.15) is 5.94 Å². The second-order valence-electron chi connectivity index (χ2n) is 6.19. The van der Waals surface area contributed by atoms with Gasteiger partial charge >= 0.3 is 0 Å². The third kappa shape index (κ3) is 2.15. The molecule has 0 aromatic heterocycles. The zero-order chi connectivity index (χ0) is 14.9. The summed E-state index contributed by atoms with van der Waals surface area (Å²) in [5.74, 6) is 2.47. The molecule has 1 atom stereocenters. The van der Waals surface area contributed by atoms with Gasteiger partial charge in [0, 0.05) is 11.5 Å². The smallest absolute Gasteiger partial charge is 0.124 e. The number of allylic oxidation sites excluding steroid dienone is 1. The van der Waals surface area contributed by atoms with Crippen molar-refractivity contribution in [2.24, 2.45) is 0 Å². The number of carbonyl (C=O) groups excluding carboxylic acids is 1. The van der Waals surface area contributed by atoms with E-state index in [1.807, 2.05) is 0 Å². The van der Waals surface area contributed by atoms with Gasteiger partial charge < -0.3 is 0 Å². The lowest BCUT2D eigenvalue weighted by Crippen LogP contribution is -2.09. The van der Waals surface area contributed by atoms with E-state index in [0.717, 1.165) is 24.8 Å². The van der Waals surface area contributed by atoms with Crippen molar-refractivity contribution in [3.05, 3.63) is 65.7 Å². The minimum absolute atomic E-state index is 0.246. The predicted octanol–water partition coefficient (Wildman–Crippen LogP) is 5.41. The highest BCUT2D eigenvalue weighted by Crippen LogP contribution is 2.39. The van der Waals surface area contributed by atoms with Crippen LogP contribution in [0.4, 0.5) is 0 Å². The SMILES string of the molecule is O=C=C1CCCCC1c1cccc2cc3ccccc3cc12. The van der Waals surface area contributed by atoms with Crippen molar-refractivity contribution in [1.82, 2.24) is 0 Å². The monoisotopic (exact) mass is 286 g/mol. The lowest BCUT2D eigenvalue weighted by Gasteiger charge is -2.24. The molecule has 0 saturated heterocycles. The molecule has 1 heteroatoms. The van der Waals surface area contributed by atoms with Crippen LogP contribution in [0.5, 0.6) is 0 Å². The minimum Gasteiger partial charge on any atom is -0.234 e. The van der Waals surface area contributed by atoms with Gasteiger partial charge in [0.25, 0.3) is 0 Å². The van der Waals surface area contributed by atoms with Crippen LogP contribution in [0.2, 0.25) is 0 Å². The molecular weight excluding hydrogens is 268 g/mol. The van der Waals surface area contributed by atoms with Gasteiger partial charge in [0.2, 0.25) is 0 Å². The zero-order valence-electron chi connectivity index (χ0n) is 12.5. The fourth-order valence-corrected chi connectivity index (χ4v) is 3.77. The van der Waals surface area contributed by atoms with E-state index >= 15 is 0 Å². The number of fused-ring (bicyclic) bond motifs is 2. The molecule has 22 heavy (non-hydrogen) atoms. The lowest BCUT2D eigenvalue weighted by atomic mass is 9.79. The second kappa shape index (κ2) is 5.44. The number of rotatable bonds is 1. The Morgan fingerprint density at radius 3 is 2.45 bits per heavy atom. The molecule has 1 fully saturated rings. The van der Waals surface area contributed by atoms with Crippen LogP contribution in [0.1, 0.15) is 37.2 Å². The van der Waals surface area contributed by atoms with Crippen LogP contribution in [-0.4, -0.2) is 5.94 Å². The lowest BCUT2D eigenvalue weighted by molar-refractivity contribution is 0.527. The van der Waals surface area contributed by atoms with Crippen LogP contribution >= 0.6 is 0 Å². The summed E-state index contributed by atoms with van der Waals surface area (Å²) in [6.07, 6.45) is 4.28. The molecular formula is C21H18O. The third-order valence-electron chi connectivity index (χ3n) is 4.90. The number of hydrogen-bond donors (Lipinski definition) is 0. The highest BCUT2D eigenvalue weighted by Gasteiger charge is 2.23. The van der Waals surface area contributed by atoms with Crippen LogP contribution in [-0.2, 0) is 4.79 Å². The topological polar surface area (TPSA) is 17.1 Å². The summed E-state index contributed by atoms with van der Waals surface area (Å²) in [7, 11) is 0. The minimum atomic E-state index is 0.246. The van der Waals surface area contributed by atoms with E-state index in [2.05, 4.69) is 60.5 Å². The molecule has 0 radical (unpaired) electrons. The quantitative estimate of drug-likeness (QED) is 0.432. The average Bonchev–Trinajstić information content (AvgIpc) is 2.59. The molecule has 0 spiro atoms. The van der Waals surface area contributed by atoms with Gasteiger partial charge in [-0.1, -0.05) is 48.9 Å². The summed E-state index contributed by atoms with van der Waals surface area (Å²) in [6, 6.07) is 19.5. The van der Waals surface area contributed by atoms with E-state index in [1.54, 1.807) is 0 Å². The van der Waals surface area contributed by atoms with Crippen molar-refractivity contribution in [2.75, 3.05) is 0 Å². The van der Waals surface area contributed by atoms with Crippen LogP contribution in [0.25, 0.3) is 21.5 Å². The molecule has 1 unspecified atom stereocenters.